The summed E-state index contributed by atoms with van der Waals surface area (Å²) in [5.74, 6) is -0.283. The van der Waals surface area contributed by atoms with E-state index < -0.39 is 5.97 Å². The van der Waals surface area contributed by atoms with Crippen molar-refractivity contribution in [2.75, 3.05) is 34.4 Å². The van der Waals surface area contributed by atoms with E-state index in [1.54, 1.807) is 12.1 Å². The standard InChI is InChI=1S/C13H17Cl2NO3.ClH/c1-16(2)7-4-8-19-13(17)11-9(14)5-6-10(15)12(11)18-3;/h5-6H,4,7-8H2,1-3H3;1H. The lowest BCUT2D eigenvalue weighted by molar-refractivity contribution is 0.0490. The molecule has 114 valence electrons. The van der Waals surface area contributed by atoms with E-state index in [0.29, 0.717) is 11.6 Å². The molecule has 1 aromatic carbocycles. The maximum absolute atomic E-state index is 12.0. The minimum Gasteiger partial charge on any atom is -0.494 e. The van der Waals surface area contributed by atoms with Crippen molar-refractivity contribution in [2.24, 2.45) is 0 Å². The van der Waals surface area contributed by atoms with E-state index in [1.807, 2.05) is 19.0 Å². The Bertz CT molecular complexity index is 453. The first-order valence-electron chi connectivity index (χ1n) is 5.81. The second-order valence-corrected chi connectivity index (χ2v) is 5.04. The summed E-state index contributed by atoms with van der Waals surface area (Å²) in [4.78, 5) is 14.0. The zero-order valence-corrected chi connectivity index (χ0v) is 13.9. The molecule has 0 aliphatic carbocycles. The molecule has 0 atom stereocenters. The third kappa shape index (κ3) is 5.37. The molecule has 0 saturated heterocycles. The van der Waals surface area contributed by atoms with Gasteiger partial charge in [-0.1, -0.05) is 23.2 Å². The minimum absolute atomic E-state index is 0. The second-order valence-electron chi connectivity index (χ2n) is 4.23. The van der Waals surface area contributed by atoms with Crippen LogP contribution in [0.15, 0.2) is 12.1 Å². The zero-order valence-electron chi connectivity index (χ0n) is 11.6. The Hall–Kier alpha value is -0.680. The molecule has 0 aliphatic heterocycles. The van der Waals surface area contributed by atoms with E-state index in [4.69, 9.17) is 32.7 Å². The zero-order chi connectivity index (χ0) is 14.4. The van der Waals surface area contributed by atoms with Crippen LogP contribution in [0.2, 0.25) is 10.0 Å². The smallest absolute Gasteiger partial charge is 0.343 e. The van der Waals surface area contributed by atoms with Gasteiger partial charge in [0.25, 0.3) is 0 Å². The van der Waals surface area contributed by atoms with Gasteiger partial charge in [0.05, 0.1) is 23.8 Å². The molecule has 4 nitrogen and oxygen atoms in total. The van der Waals surface area contributed by atoms with Crippen LogP contribution in [0.1, 0.15) is 16.8 Å². The lowest BCUT2D eigenvalue weighted by Gasteiger charge is -2.13. The van der Waals surface area contributed by atoms with Crippen LogP contribution in [-0.4, -0.2) is 45.2 Å². The van der Waals surface area contributed by atoms with Crippen molar-refractivity contribution in [3.8, 4) is 5.75 Å². The minimum atomic E-state index is -0.525. The van der Waals surface area contributed by atoms with Crippen molar-refractivity contribution >= 4 is 41.6 Å². The maximum Gasteiger partial charge on any atom is 0.343 e. The Labute approximate surface area is 135 Å². The largest absolute Gasteiger partial charge is 0.494 e. The van der Waals surface area contributed by atoms with E-state index in [9.17, 15) is 4.79 Å². The van der Waals surface area contributed by atoms with Crippen LogP contribution in [0.5, 0.6) is 5.75 Å². The van der Waals surface area contributed by atoms with Crippen molar-refractivity contribution in [1.29, 1.82) is 0 Å². The third-order valence-electron chi connectivity index (χ3n) is 2.45. The lowest BCUT2D eigenvalue weighted by Crippen LogP contribution is -2.16. The van der Waals surface area contributed by atoms with E-state index in [2.05, 4.69) is 0 Å². The fourth-order valence-electron chi connectivity index (χ4n) is 1.54. The number of hydrogen-bond acceptors (Lipinski definition) is 4. The second kappa shape index (κ2) is 9.29. The summed E-state index contributed by atoms with van der Waals surface area (Å²) >= 11 is 11.9. The molecular formula is C13H18Cl3NO3. The Balaban J connectivity index is 0.00000361. The van der Waals surface area contributed by atoms with Gasteiger partial charge in [0, 0.05) is 6.54 Å². The van der Waals surface area contributed by atoms with E-state index >= 15 is 0 Å². The molecule has 0 bridgehead atoms. The summed E-state index contributed by atoms with van der Waals surface area (Å²) in [5.41, 5.74) is 0.168. The third-order valence-corrected chi connectivity index (χ3v) is 3.06. The van der Waals surface area contributed by atoms with Crippen molar-refractivity contribution in [3.05, 3.63) is 27.7 Å². The molecule has 0 heterocycles. The predicted octanol–water partition coefficient (Wildman–Crippen LogP) is 3.53. The van der Waals surface area contributed by atoms with Crippen molar-refractivity contribution < 1.29 is 14.3 Å². The van der Waals surface area contributed by atoms with Gasteiger partial charge in [-0.15, -0.1) is 12.4 Å². The number of carbonyl (C=O) groups excluding carboxylic acids is 1. The van der Waals surface area contributed by atoms with Crippen molar-refractivity contribution in [1.82, 2.24) is 4.90 Å². The fraction of sp³-hybridized carbons (Fsp3) is 0.462. The molecule has 0 saturated carbocycles. The first kappa shape index (κ1) is 19.3. The maximum atomic E-state index is 12.0. The normalized spacial score (nSPS) is 10.1. The molecule has 0 N–H and O–H groups in total. The molecule has 0 spiro atoms. The number of methoxy groups -OCH3 is 1. The Morgan fingerprint density at radius 2 is 1.85 bits per heavy atom. The molecule has 7 heteroatoms. The number of carbonyl (C=O) groups is 1. The van der Waals surface area contributed by atoms with Gasteiger partial charge >= 0.3 is 5.97 Å². The highest BCUT2D eigenvalue weighted by atomic mass is 35.5. The van der Waals surface area contributed by atoms with Crippen LogP contribution in [-0.2, 0) is 4.74 Å². The van der Waals surface area contributed by atoms with Gasteiger partial charge in [-0.2, -0.15) is 0 Å². The van der Waals surface area contributed by atoms with Gasteiger partial charge < -0.3 is 14.4 Å². The van der Waals surface area contributed by atoms with Crippen LogP contribution in [0.3, 0.4) is 0 Å². The number of rotatable bonds is 6. The summed E-state index contributed by atoms with van der Waals surface area (Å²) < 4.78 is 10.3. The topological polar surface area (TPSA) is 38.8 Å². The molecule has 0 amide bonds. The molecule has 0 radical (unpaired) electrons. The number of ether oxygens (including phenoxy) is 2. The summed E-state index contributed by atoms with van der Waals surface area (Å²) in [5, 5.41) is 0.589. The molecule has 0 unspecified atom stereocenters. The highest BCUT2D eigenvalue weighted by Gasteiger charge is 2.20. The molecule has 1 rings (SSSR count). The van der Waals surface area contributed by atoms with Crippen LogP contribution < -0.4 is 4.74 Å². The van der Waals surface area contributed by atoms with E-state index in [-0.39, 0.29) is 28.7 Å². The number of benzene rings is 1. The van der Waals surface area contributed by atoms with Gasteiger partial charge in [-0.05, 0) is 32.6 Å². The number of hydrogen-bond donors (Lipinski definition) is 0. The molecule has 0 aliphatic rings. The van der Waals surface area contributed by atoms with Crippen LogP contribution in [0.25, 0.3) is 0 Å². The van der Waals surface area contributed by atoms with Crippen LogP contribution in [0, 0.1) is 0 Å². The summed E-state index contributed by atoms with van der Waals surface area (Å²) in [6.45, 7) is 1.16. The highest BCUT2D eigenvalue weighted by Crippen LogP contribution is 2.34. The first-order valence-corrected chi connectivity index (χ1v) is 6.56. The number of esters is 1. The number of halogens is 3. The SMILES string of the molecule is COc1c(Cl)ccc(Cl)c1C(=O)OCCCN(C)C.Cl. The van der Waals surface area contributed by atoms with Crippen LogP contribution in [0.4, 0.5) is 0 Å². The lowest BCUT2D eigenvalue weighted by atomic mass is 10.2. The monoisotopic (exact) mass is 341 g/mol. The Morgan fingerprint density at radius 1 is 1.25 bits per heavy atom. The molecular weight excluding hydrogens is 325 g/mol. The quantitative estimate of drug-likeness (QED) is 0.585. The Morgan fingerprint density at radius 3 is 2.40 bits per heavy atom. The van der Waals surface area contributed by atoms with Crippen LogP contribution >= 0.6 is 35.6 Å². The van der Waals surface area contributed by atoms with Crippen molar-refractivity contribution in [2.45, 2.75) is 6.42 Å². The summed E-state index contributed by atoms with van der Waals surface area (Å²) in [7, 11) is 5.34. The predicted molar refractivity (Wildman–Crippen MR) is 83.7 cm³/mol. The van der Waals surface area contributed by atoms with E-state index in [0.717, 1.165) is 13.0 Å². The van der Waals surface area contributed by atoms with Gasteiger partial charge in [0.2, 0.25) is 0 Å². The average molecular weight is 343 g/mol. The first-order chi connectivity index (χ1) is 8.97. The van der Waals surface area contributed by atoms with Crippen molar-refractivity contribution in [3.63, 3.8) is 0 Å². The van der Waals surface area contributed by atoms with Gasteiger partial charge in [0.15, 0.2) is 5.75 Å². The molecule has 0 fully saturated rings. The van der Waals surface area contributed by atoms with Gasteiger partial charge in [-0.25, -0.2) is 4.79 Å². The van der Waals surface area contributed by atoms with Gasteiger partial charge in [0.1, 0.15) is 5.56 Å². The average Bonchev–Trinajstić information content (AvgIpc) is 2.36. The number of nitrogens with zero attached hydrogens (tertiary/aromatic N) is 1. The molecule has 20 heavy (non-hydrogen) atoms. The van der Waals surface area contributed by atoms with E-state index in [1.165, 1.54) is 7.11 Å². The fourth-order valence-corrected chi connectivity index (χ4v) is 2.00. The highest BCUT2D eigenvalue weighted by molar-refractivity contribution is 6.37. The summed E-state index contributed by atoms with van der Waals surface area (Å²) in [6, 6.07) is 3.12. The molecule has 1 aromatic rings. The Kier molecular flexibility index (Phi) is 8.98. The summed E-state index contributed by atoms with van der Waals surface area (Å²) in [6.07, 6.45) is 0.749. The van der Waals surface area contributed by atoms with Gasteiger partial charge in [-0.3, -0.25) is 0 Å². The molecule has 0 aromatic heterocycles.